The highest BCUT2D eigenvalue weighted by Gasteiger charge is 2.17. The Morgan fingerprint density at radius 1 is 1.60 bits per heavy atom. The molecular formula is C10H12N6O3S. The summed E-state index contributed by atoms with van der Waals surface area (Å²) in [6.45, 7) is 3.74. The summed E-state index contributed by atoms with van der Waals surface area (Å²) in [7, 11) is 0. The van der Waals surface area contributed by atoms with Crippen molar-refractivity contribution in [1.82, 2.24) is 20.0 Å². The molecule has 1 unspecified atom stereocenters. The molecule has 1 amide bonds. The third-order valence-electron chi connectivity index (χ3n) is 2.50. The molecule has 0 aromatic carbocycles. The van der Waals surface area contributed by atoms with E-state index in [2.05, 4.69) is 20.6 Å². The van der Waals surface area contributed by atoms with E-state index in [1.807, 2.05) is 0 Å². The predicted octanol–water partition coefficient (Wildman–Crippen LogP) is 1.23. The van der Waals surface area contributed by atoms with Crippen molar-refractivity contribution in [3.05, 3.63) is 27.5 Å². The van der Waals surface area contributed by atoms with Crippen LogP contribution in [-0.2, 0) is 11.3 Å². The monoisotopic (exact) mass is 296 g/mol. The van der Waals surface area contributed by atoms with E-state index in [9.17, 15) is 14.9 Å². The summed E-state index contributed by atoms with van der Waals surface area (Å²) in [4.78, 5) is 21.9. The summed E-state index contributed by atoms with van der Waals surface area (Å²) in [5, 5.41) is 25.8. The van der Waals surface area contributed by atoms with Crippen LogP contribution in [0.2, 0.25) is 0 Å². The first-order valence-electron chi connectivity index (χ1n) is 5.73. The lowest BCUT2D eigenvalue weighted by Crippen LogP contribution is -2.24. The molecule has 0 aliphatic rings. The van der Waals surface area contributed by atoms with E-state index < -0.39 is 10.8 Å². The molecule has 9 nitrogen and oxygen atoms in total. The lowest BCUT2D eigenvalue weighted by molar-refractivity contribution is -0.385. The van der Waals surface area contributed by atoms with Gasteiger partial charge in [0.25, 0.3) is 0 Å². The third-order valence-corrected chi connectivity index (χ3v) is 3.25. The lowest BCUT2D eigenvalue weighted by atomic mass is 10.1. The van der Waals surface area contributed by atoms with Crippen molar-refractivity contribution in [1.29, 1.82) is 0 Å². The molecule has 0 spiro atoms. The number of nitrogens with zero attached hydrogens (tertiary/aromatic N) is 5. The van der Waals surface area contributed by atoms with Crippen LogP contribution in [0.3, 0.4) is 0 Å². The number of amides is 1. The third kappa shape index (κ3) is 3.35. The molecule has 2 rings (SSSR count). The molecule has 0 aliphatic heterocycles. The molecule has 0 aliphatic carbocycles. The molecule has 1 N–H and O–H groups in total. The molecule has 106 valence electrons. The van der Waals surface area contributed by atoms with E-state index in [1.54, 1.807) is 13.8 Å². The highest BCUT2D eigenvalue weighted by Crippen LogP contribution is 2.15. The van der Waals surface area contributed by atoms with Gasteiger partial charge in [-0.2, -0.15) is 5.10 Å². The van der Waals surface area contributed by atoms with Crippen molar-refractivity contribution in [2.45, 2.75) is 20.4 Å². The van der Waals surface area contributed by atoms with Gasteiger partial charge >= 0.3 is 5.69 Å². The number of hydrogen-bond donors (Lipinski definition) is 1. The zero-order chi connectivity index (χ0) is 14.7. The van der Waals surface area contributed by atoms with Gasteiger partial charge in [0, 0.05) is 0 Å². The molecule has 20 heavy (non-hydrogen) atoms. The Bertz CT molecular complexity index is 636. The minimum atomic E-state index is -0.530. The number of carbonyl (C=O) groups excluding carboxylic acids is 1. The van der Waals surface area contributed by atoms with Gasteiger partial charge in [-0.05, 0) is 6.92 Å². The first-order chi connectivity index (χ1) is 9.45. The van der Waals surface area contributed by atoms with Gasteiger partial charge in [-0.3, -0.25) is 19.6 Å². The maximum absolute atomic E-state index is 11.9. The molecule has 0 saturated carbocycles. The summed E-state index contributed by atoms with van der Waals surface area (Å²) in [5.41, 5.74) is -0.0997. The number of carbonyl (C=O) groups is 1. The molecule has 2 heterocycles. The van der Waals surface area contributed by atoms with Gasteiger partial charge in [-0.1, -0.05) is 18.3 Å². The number of aryl methyl sites for hydroxylation is 1. The topological polar surface area (TPSA) is 116 Å². The molecule has 2 aromatic heterocycles. The number of hydrogen-bond acceptors (Lipinski definition) is 7. The highest BCUT2D eigenvalue weighted by atomic mass is 32.1. The SMILES string of the molecule is Cc1nnc(NC(=O)C(C)Cn2cc([N+](=O)[O-])cn2)s1. The van der Waals surface area contributed by atoms with Crippen LogP contribution in [0.1, 0.15) is 11.9 Å². The fraction of sp³-hybridized carbons (Fsp3) is 0.400. The number of nitro groups is 1. The van der Waals surface area contributed by atoms with E-state index in [1.165, 1.54) is 22.2 Å². The Morgan fingerprint density at radius 2 is 2.35 bits per heavy atom. The van der Waals surface area contributed by atoms with Crippen LogP contribution in [0.25, 0.3) is 0 Å². The normalized spacial score (nSPS) is 12.1. The molecular weight excluding hydrogens is 284 g/mol. The number of nitrogens with one attached hydrogen (secondary N) is 1. The van der Waals surface area contributed by atoms with Crippen molar-refractivity contribution in [2.75, 3.05) is 5.32 Å². The number of rotatable bonds is 5. The van der Waals surface area contributed by atoms with Crippen LogP contribution in [0, 0.1) is 23.0 Å². The van der Waals surface area contributed by atoms with E-state index in [0.717, 1.165) is 11.2 Å². The average molecular weight is 296 g/mol. The largest absolute Gasteiger partial charge is 0.306 e. The first kappa shape index (κ1) is 14.1. The van der Waals surface area contributed by atoms with Gasteiger partial charge in [0.2, 0.25) is 11.0 Å². The van der Waals surface area contributed by atoms with Gasteiger partial charge in [0.15, 0.2) is 0 Å². The Balaban J connectivity index is 1.94. The second-order valence-corrected chi connectivity index (χ2v) is 5.38. The molecule has 2 aromatic rings. The minimum Gasteiger partial charge on any atom is -0.300 e. The van der Waals surface area contributed by atoms with Crippen molar-refractivity contribution in [2.24, 2.45) is 5.92 Å². The Labute approximate surface area is 117 Å². The van der Waals surface area contributed by atoms with E-state index in [0.29, 0.717) is 5.13 Å². The quantitative estimate of drug-likeness (QED) is 0.655. The number of anilines is 1. The second kappa shape index (κ2) is 5.74. The van der Waals surface area contributed by atoms with Crippen molar-refractivity contribution in [3.8, 4) is 0 Å². The van der Waals surface area contributed by atoms with Crippen LogP contribution in [0.5, 0.6) is 0 Å². The molecule has 0 saturated heterocycles. The maximum atomic E-state index is 11.9. The fourth-order valence-electron chi connectivity index (χ4n) is 1.49. The maximum Gasteiger partial charge on any atom is 0.306 e. The van der Waals surface area contributed by atoms with Gasteiger partial charge in [-0.15, -0.1) is 10.2 Å². The van der Waals surface area contributed by atoms with Crippen LogP contribution < -0.4 is 5.32 Å². The predicted molar refractivity (Wildman–Crippen MR) is 71.3 cm³/mol. The van der Waals surface area contributed by atoms with Gasteiger partial charge in [0.1, 0.15) is 17.4 Å². The Hall–Kier alpha value is -2.36. The summed E-state index contributed by atoms with van der Waals surface area (Å²) in [5.74, 6) is -0.641. The summed E-state index contributed by atoms with van der Waals surface area (Å²) in [6.07, 6.45) is 2.44. The highest BCUT2D eigenvalue weighted by molar-refractivity contribution is 7.15. The lowest BCUT2D eigenvalue weighted by Gasteiger charge is -2.09. The van der Waals surface area contributed by atoms with E-state index in [4.69, 9.17) is 0 Å². The van der Waals surface area contributed by atoms with Crippen molar-refractivity contribution < 1.29 is 9.72 Å². The summed E-state index contributed by atoms with van der Waals surface area (Å²) >= 11 is 1.28. The van der Waals surface area contributed by atoms with Crippen LogP contribution >= 0.6 is 11.3 Å². The van der Waals surface area contributed by atoms with E-state index >= 15 is 0 Å². The van der Waals surface area contributed by atoms with Crippen LogP contribution in [0.15, 0.2) is 12.4 Å². The molecule has 10 heteroatoms. The summed E-state index contributed by atoms with van der Waals surface area (Å²) < 4.78 is 1.37. The summed E-state index contributed by atoms with van der Waals surface area (Å²) in [6, 6.07) is 0. The van der Waals surface area contributed by atoms with Crippen LogP contribution in [-0.4, -0.2) is 30.8 Å². The number of aromatic nitrogens is 4. The molecule has 0 radical (unpaired) electrons. The van der Waals surface area contributed by atoms with Crippen molar-refractivity contribution >= 4 is 28.1 Å². The van der Waals surface area contributed by atoms with Crippen molar-refractivity contribution in [3.63, 3.8) is 0 Å². The molecule has 0 fully saturated rings. The minimum absolute atomic E-state index is 0.0997. The first-order valence-corrected chi connectivity index (χ1v) is 6.55. The van der Waals surface area contributed by atoms with Crippen LogP contribution in [0.4, 0.5) is 10.8 Å². The molecule has 1 atom stereocenters. The standard InChI is InChI=1S/C10H12N6O3S/c1-6(4-15-5-8(3-11-15)16(18)19)9(17)12-10-14-13-7(2)20-10/h3,5-6H,4H2,1-2H3,(H,12,14,17). The van der Waals surface area contributed by atoms with E-state index in [-0.39, 0.29) is 18.1 Å². The average Bonchev–Trinajstić information content (AvgIpc) is 2.98. The second-order valence-electron chi connectivity index (χ2n) is 4.19. The van der Waals surface area contributed by atoms with Gasteiger partial charge in [0.05, 0.1) is 17.4 Å². The fourth-order valence-corrected chi connectivity index (χ4v) is 2.08. The molecule has 0 bridgehead atoms. The Morgan fingerprint density at radius 3 is 2.90 bits per heavy atom. The van der Waals surface area contributed by atoms with Gasteiger partial charge in [-0.25, -0.2) is 0 Å². The Kier molecular flexibility index (Phi) is 4.03. The van der Waals surface area contributed by atoms with Gasteiger partial charge < -0.3 is 5.32 Å². The zero-order valence-corrected chi connectivity index (χ0v) is 11.6. The zero-order valence-electron chi connectivity index (χ0n) is 10.8. The smallest absolute Gasteiger partial charge is 0.300 e.